The minimum Gasteiger partial charge on any atom is -0.494 e. The molecule has 1 aromatic carbocycles. The van der Waals surface area contributed by atoms with Gasteiger partial charge in [0.2, 0.25) is 35.4 Å². The highest BCUT2D eigenvalue weighted by Gasteiger charge is 2.25. The van der Waals surface area contributed by atoms with Crippen molar-refractivity contribution in [2.24, 2.45) is 5.73 Å². The molecule has 0 saturated carbocycles. The Balaban J connectivity index is 2.24. The largest absolute Gasteiger partial charge is 0.494 e. The van der Waals surface area contributed by atoms with E-state index in [-0.39, 0.29) is 30.9 Å². The van der Waals surface area contributed by atoms with Crippen LogP contribution in [0.4, 0.5) is 0 Å². The number of carboxylic acids is 2. The van der Waals surface area contributed by atoms with E-state index in [1.807, 2.05) is 6.92 Å². The summed E-state index contributed by atoms with van der Waals surface area (Å²) >= 11 is 0. The van der Waals surface area contributed by atoms with Crippen molar-refractivity contribution in [1.29, 1.82) is 0 Å². The van der Waals surface area contributed by atoms with Gasteiger partial charge in [0.05, 0.1) is 38.0 Å². The Labute approximate surface area is 363 Å². The third-order valence-electron chi connectivity index (χ3n) is 9.71. The van der Waals surface area contributed by atoms with Gasteiger partial charge in [-0.15, -0.1) is 0 Å². The van der Waals surface area contributed by atoms with Gasteiger partial charge in [-0.3, -0.25) is 28.8 Å². The molecular formula is C42H69N7O13. The smallest absolute Gasteiger partial charge is 0.335 e. The van der Waals surface area contributed by atoms with Crippen molar-refractivity contribution in [3.05, 3.63) is 29.8 Å². The summed E-state index contributed by atoms with van der Waals surface area (Å²) in [6.07, 6.45) is 11.1. The number of carbonyl (C=O) groups excluding carboxylic acids is 6. The number of aromatic carboxylic acids is 1. The van der Waals surface area contributed by atoms with Gasteiger partial charge in [0, 0.05) is 25.9 Å². The van der Waals surface area contributed by atoms with Crippen LogP contribution >= 0.6 is 0 Å². The van der Waals surface area contributed by atoms with Gasteiger partial charge in [0.15, 0.2) is 0 Å². The molecule has 1 rings (SSSR count). The van der Waals surface area contributed by atoms with Gasteiger partial charge in [-0.25, -0.2) is 9.59 Å². The van der Waals surface area contributed by atoms with Gasteiger partial charge in [-0.1, -0.05) is 58.3 Å². The van der Waals surface area contributed by atoms with Gasteiger partial charge < -0.3 is 62.8 Å². The van der Waals surface area contributed by atoms with Crippen LogP contribution in [0.2, 0.25) is 0 Å². The third-order valence-corrected chi connectivity index (χ3v) is 9.71. The Morgan fingerprint density at radius 3 is 1.68 bits per heavy atom. The Bertz CT molecular complexity index is 1530. The van der Waals surface area contributed by atoms with E-state index in [1.165, 1.54) is 12.1 Å². The van der Waals surface area contributed by atoms with E-state index in [1.54, 1.807) is 12.1 Å². The first kappa shape index (κ1) is 54.7. The summed E-state index contributed by atoms with van der Waals surface area (Å²) in [4.78, 5) is 97.0. The molecule has 20 heteroatoms. The number of rotatable bonds is 36. The molecule has 0 radical (unpaired) electrons. The fraction of sp³-hybridized carbons (Fsp3) is 0.667. The second-order valence-corrected chi connectivity index (χ2v) is 15.0. The first-order chi connectivity index (χ1) is 29.7. The van der Waals surface area contributed by atoms with E-state index in [0.717, 1.165) is 64.2 Å². The number of hydrogen-bond donors (Lipinski definition) is 11. The predicted molar refractivity (Wildman–Crippen MR) is 228 cm³/mol. The molecule has 0 heterocycles. The van der Waals surface area contributed by atoms with Crippen molar-refractivity contribution < 1.29 is 63.5 Å². The number of amides is 6. The maximum absolute atomic E-state index is 12.6. The molecular weight excluding hydrogens is 810 g/mol. The number of carboxylic acid groups (broad SMARTS) is 2. The highest BCUT2D eigenvalue weighted by Crippen LogP contribution is 2.14. The van der Waals surface area contributed by atoms with E-state index in [9.17, 15) is 53.7 Å². The van der Waals surface area contributed by atoms with Gasteiger partial charge in [-0.2, -0.15) is 0 Å². The van der Waals surface area contributed by atoms with Crippen LogP contribution in [-0.2, 0) is 33.6 Å². The molecule has 0 aliphatic heterocycles. The normalized spacial score (nSPS) is 12.8. The number of nitrogens with one attached hydrogen (secondary N) is 6. The molecule has 20 nitrogen and oxygen atoms in total. The molecule has 0 aromatic heterocycles. The van der Waals surface area contributed by atoms with Crippen molar-refractivity contribution >= 4 is 47.4 Å². The topological polar surface area (TPSA) is 325 Å². The summed E-state index contributed by atoms with van der Waals surface area (Å²) in [5.41, 5.74) is 6.09. The van der Waals surface area contributed by atoms with Crippen LogP contribution in [0.5, 0.6) is 5.75 Å². The molecule has 350 valence electrons. The number of aliphatic carboxylic acids is 1. The number of ether oxygens (including phenoxy) is 1. The van der Waals surface area contributed by atoms with Crippen LogP contribution in [0.1, 0.15) is 126 Å². The van der Waals surface area contributed by atoms with E-state index in [2.05, 4.69) is 31.9 Å². The first-order valence-corrected chi connectivity index (χ1v) is 21.6. The molecule has 62 heavy (non-hydrogen) atoms. The Kier molecular flexibility index (Phi) is 29.4. The van der Waals surface area contributed by atoms with Gasteiger partial charge in [0.25, 0.3) is 0 Å². The summed E-state index contributed by atoms with van der Waals surface area (Å²) < 4.78 is 5.64. The Morgan fingerprint density at radius 1 is 0.581 bits per heavy atom. The predicted octanol–water partition coefficient (Wildman–Crippen LogP) is 0.615. The SMILES string of the molecule is CCCCNC(=O)[C@@H](N)CCCCNC(=O)C(CO)NC(=O)CNC(=O)[C@H](CO)NC(=O)CC[C@H](NC(=O)CCCCCCCCCCCOc1ccc(C(=O)O)cc1)C(=O)O. The lowest BCUT2D eigenvalue weighted by Gasteiger charge is -2.19. The lowest BCUT2D eigenvalue weighted by Crippen LogP contribution is -2.54. The number of carbonyl (C=O) groups is 8. The molecule has 0 bridgehead atoms. The molecule has 6 amide bonds. The lowest BCUT2D eigenvalue weighted by molar-refractivity contribution is -0.142. The van der Waals surface area contributed by atoms with Crippen LogP contribution < -0.4 is 42.4 Å². The van der Waals surface area contributed by atoms with E-state index < -0.39 is 91.8 Å². The maximum Gasteiger partial charge on any atom is 0.335 e. The Morgan fingerprint density at radius 2 is 1.10 bits per heavy atom. The fourth-order valence-corrected chi connectivity index (χ4v) is 5.97. The number of unbranched alkanes of at least 4 members (excludes halogenated alkanes) is 10. The molecule has 0 fully saturated rings. The number of benzene rings is 1. The maximum atomic E-state index is 12.6. The second-order valence-electron chi connectivity index (χ2n) is 15.0. The number of aliphatic hydroxyl groups is 2. The van der Waals surface area contributed by atoms with E-state index in [0.29, 0.717) is 44.6 Å². The molecule has 0 saturated heterocycles. The summed E-state index contributed by atoms with van der Waals surface area (Å²) in [6.45, 7) is 1.08. The zero-order valence-corrected chi connectivity index (χ0v) is 35.9. The first-order valence-electron chi connectivity index (χ1n) is 21.6. The quantitative estimate of drug-likeness (QED) is 0.0412. The molecule has 4 atom stereocenters. The highest BCUT2D eigenvalue weighted by atomic mass is 16.5. The highest BCUT2D eigenvalue weighted by molar-refractivity contribution is 5.93. The summed E-state index contributed by atoms with van der Waals surface area (Å²) in [6, 6.07) is 1.46. The van der Waals surface area contributed by atoms with E-state index in [4.69, 9.17) is 15.6 Å². The van der Waals surface area contributed by atoms with Crippen LogP contribution in [0.25, 0.3) is 0 Å². The monoisotopic (exact) mass is 879 g/mol. The fourth-order valence-electron chi connectivity index (χ4n) is 5.97. The molecule has 0 aliphatic rings. The number of nitrogens with two attached hydrogens (primary N) is 1. The van der Waals surface area contributed by atoms with Gasteiger partial charge in [-0.05, 0) is 69.2 Å². The molecule has 0 aliphatic carbocycles. The third kappa shape index (κ3) is 25.4. The van der Waals surface area contributed by atoms with E-state index >= 15 is 0 Å². The number of hydrogen-bond acceptors (Lipinski definition) is 12. The molecule has 0 spiro atoms. The molecule has 1 aromatic rings. The minimum absolute atomic E-state index is 0.121. The number of aliphatic hydroxyl groups excluding tert-OH is 2. The van der Waals surface area contributed by atoms with Crippen LogP contribution in [0.3, 0.4) is 0 Å². The van der Waals surface area contributed by atoms with Gasteiger partial charge in [0.1, 0.15) is 23.9 Å². The van der Waals surface area contributed by atoms with Crippen molar-refractivity contribution in [2.45, 2.75) is 140 Å². The lowest BCUT2D eigenvalue weighted by atomic mass is 10.1. The Hall–Kier alpha value is -5.34. The average molecular weight is 880 g/mol. The summed E-state index contributed by atoms with van der Waals surface area (Å²) in [5.74, 6) is -5.62. The van der Waals surface area contributed by atoms with Crippen molar-refractivity contribution in [3.8, 4) is 5.75 Å². The van der Waals surface area contributed by atoms with Crippen LogP contribution in [0, 0.1) is 0 Å². The zero-order valence-electron chi connectivity index (χ0n) is 35.9. The van der Waals surface area contributed by atoms with Crippen LogP contribution in [0.15, 0.2) is 24.3 Å². The van der Waals surface area contributed by atoms with Gasteiger partial charge >= 0.3 is 11.9 Å². The zero-order chi connectivity index (χ0) is 46.1. The molecule has 12 N–H and O–H groups in total. The average Bonchev–Trinajstić information content (AvgIpc) is 3.25. The minimum atomic E-state index is -1.49. The standard InChI is InChI=1S/C42H69N7O13/c1-2-3-23-44-38(55)31(43)15-12-13-24-45-39(56)33(27-50)49-37(54)26-46-40(57)34(28-51)48-36(53)22-21-32(42(60)61)47-35(52)16-11-9-7-5-4-6-8-10-14-25-62-30-19-17-29(18-20-30)41(58)59/h17-20,31-34,50-51H,2-16,21-28,43H2,1H3,(H,44,55)(H,45,56)(H,46,57)(H,47,52)(H,48,53)(H,49,54)(H,58,59)(H,60,61)/t31-,32-,33?,34-/m0/s1. The van der Waals surface area contributed by atoms with Crippen molar-refractivity contribution in [3.63, 3.8) is 0 Å². The van der Waals surface area contributed by atoms with Crippen molar-refractivity contribution in [1.82, 2.24) is 31.9 Å². The molecule has 1 unspecified atom stereocenters. The van der Waals surface area contributed by atoms with Crippen molar-refractivity contribution in [2.75, 3.05) is 39.5 Å². The van der Waals surface area contributed by atoms with Crippen LogP contribution in [-0.4, -0.2) is 131 Å². The summed E-state index contributed by atoms with van der Waals surface area (Å²) in [7, 11) is 0. The second kappa shape index (κ2) is 33.3. The summed E-state index contributed by atoms with van der Waals surface area (Å²) in [5, 5.41) is 52.3.